The molecule has 3 nitrogen and oxygen atoms in total. The molecule has 3 atom stereocenters. The van der Waals surface area contributed by atoms with Crippen molar-refractivity contribution in [2.45, 2.75) is 71.2 Å². The van der Waals surface area contributed by atoms with Crippen LogP contribution in [0.5, 0.6) is 0 Å². The van der Waals surface area contributed by atoms with Gasteiger partial charge in [0.25, 0.3) is 0 Å². The van der Waals surface area contributed by atoms with Gasteiger partial charge in [0, 0.05) is 26.1 Å². The number of hydrogen-bond acceptors (Lipinski definition) is 3. The molecule has 1 fully saturated rings. The van der Waals surface area contributed by atoms with Gasteiger partial charge in [0.05, 0.1) is 24.4 Å². The fourth-order valence-electron chi connectivity index (χ4n) is 3.85. The fourth-order valence-corrected chi connectivity index (χ4v) is 3.85. The second kappa shape index (κ2) is 8.69. The summed E-state index contributed by atoms with van der Waals surface area (Å²) in [6.45, 7) is 20.5. The van der Waals surface area contributed by atoms with E-state index >= 15 is 0 Å². The lowest BCUT2D eigenvalue weighted by Gasteiger charge is -2.41. The zero-order chi connectivity index (χ0) is 19.4. The van der Waals surface area contributed by atoms with E-state index in [0.29, 0.717) is 6.61 Å². The maximum Gasteiger partial charge on any atom is 0.0825 e. The predicted octanol–water partition coefficient (Wildman–Crippen LogP) is 4.60. The summed E-state index contributed by atoms with van der Waals surface area (Å²) >= 11 is 0. The predicted molar refractivity (Wildman–Crippen MR) is 110 cm³/mol. The standard InChI is InChI=1S/C23H37NO2/c1-8-13-25-23(7,17-24-15-18(2)26-19(3)16-24)14-20-9-11-21(12-10-20)22(4,5)6/h8-12,18-19H,1,13-17H2,2-7H3. The van der Waals surface area contributed by atoms with Gasteiger partial charge in [-0.2, -0.15) is 0 Å². The van der Waals surface area contributed by atoms with Crippen LogP contribution in [0.4, 0.5) is 0 Å². The summed E-state index contributed by atoms with van der Waals surface area (Å²) in [6, 6.07) is 9.01. The van der Waals surface area contributed by atoms with E-state index in [1.165, 1.54) is 11.1 Å². The molecule has 0 bridgehead atoms. The molecule has 0 aromatic heterocycles. The van der Waals surface area contributed by atoms with E-state index in [1.54, 1.807) is 0 Å². The second-order valence-corrected chi connectivity index (χ2v) is 9.12. The monoisotopic (exact) mass is 359 g/mol. The van der Waals surface area contributed by atoms with Gasteiger partial charge in [-0.15, -0.1) is 6.58 Å². The molecule has 0 radical (unpaired) electrons. The Morgan fingerprint density at radius 2 is 1.69 bits per heavy atom. The Labute approximate surface area is 160 Å². The van der Waals surface area contributed by atoms with Gasteiger partial charge in [0.2, 0.25) is 0 Å². The topological polar surface area (TPSA) is 21.7 Å². The molecule has 1 aromatic carbocycles. The smallest absolute Gasteiger partial charge is 0.0825 e. The van der Waals surface area contributed by atoms with Gasteiger partial charge >= 0.3 is 0 Å². The van der Waals surface area contributed by atoms with Crippen LogP contribution in [0.15, 0.2) is 36.9 Å². The van der Waals surface area contributed by atoms with Crippen molar-refractivity contribution in [2.24, 2.45) is 0 Å². The lowest BCUT2D eigenvalue weighted by Crippen LogP contribution is -2.52. The van der Waals surface area contributed by atoms with Gasteiger partial charge in [-0.3, -0.25) is 4.90 Å². The number of benzene rings is 1. The molecular formula is C23H37NO2. The van der Waals surface area contributed by atoms with Crippen molar-refractivity contribution >= 4 is 0 Å². The minimum absolute atomic E-state index is 0.182. The summed E-state index contributed by atoms with van der Waals surface area (Å²) in [6.07, 6.45) is 3.28. The molecule has 1 aliphatic rings. The SMILES string of the molecule is C=CCOC(C)(Cc1ccc(C(C)(C)C)cc1)CN1CC(C)OC(C)C1. The molecule has 0 spiro atoms. The molecule has 0 saturated carbocycles. The van der Waals surface area contributed by atoms with Gasteiger partial charge in [-0.05, 0) is 37.3 Å². The van der Waals surface area contributed by atoms with Crippen molar-refractivity contribution in [2.75, 3.05) is 26.2 Å². The Balaban J connectivity index is 2.11. The van der Waals surface area contributed by atoms with E-state index in [2.05, 4.69) is 77.3 Å². The largest absolute Gasteiger partial charge is 0.373 e. The normalized spacial score (nSPS) is 24.2. The van der Waals surface area contributed by atoms with Crippen molar-refractivity contribution in [1.29, 1.82) is 0 Å². The minimum atomic E-state index is -0.242. The highest BCUT2D eigenvalue weighted by Crippen LogP contribution is 2.26. The Bertz CT molecular complexity index is 565. The zero-order valence-electron chi connectivity index (χ0n) is 17.5. The average Bonchev–Trinajstić information content (AvgIpc) is 2.51. The highest BCUT2D eigenvalue weighted by atomic mass is 16.5. The van der Waals surface area contributed by atoms with Gasteiger partial charge in [0.1, 0.15) is 0 Å². The second-order valence-electron chi connectivity index (χ2n) is 9.12. The Hall–Kier alpha value is -1.16. The van der Waals surface area contributed by atoms with E-state index in [0.717, 1.165) is 26.1 Å². The van der Waals surface area contributed by atoms with Gasteiger partial charge < -0.3 is 9.47 Å². The first-order valence-electron chi connectivity index (χ1n) is 9.83. The molecule has 1 heterocycles. The van der Waals surface area contributed by atoms with Gasteiger partial charge in [-0.1, -0.05) is 51.1 Å². The van der Waals surface area contributed by atoms with Gasteiger partial charge in [0.15, 0.2) is 0 Å². The lowest BCUT2D eigenvalue weighted by atomic mass is 9.85. The van der Waals surface area contributed by atoms with Crippen LogP contribution in [0.2, 0.25) is 0 Å². The molecule has 146 valence electrons. The highest BCUT2D eigenvalue weighted by Gasteiger charge is 2.32. The molecule has 26 heavy (non-hydrogen) atoms. The van der Waals surface area contributed by atoms with Crippen LogP contribution in [0.1, 0.15) is 52.7 Å². The summed E-state index contributed by atoms with van der Waals surface area (Å²) in [7, 11) is 0. The van der Waals surface area contributed by atoms with E-state index in [1.807, 2.05) is 6.08 Å². The number of nitrogens with zero attached hydrogens (tertiary/aromatic N) is 1. The summed E-state index contributed by atoms with van der Waals surface area (Å²) in [5, 5.41) is 0. The van der Waals surface area contributed by atoms with Crippen molar-refractivity contribution in [3.8, 4) is 0 Å². The number of rotatable bonds is 7. The van der Waals surface area contributed by atoms with Crippen molar-refractivity contribution in [3.05, 3.63) is 48.0 Å². The lowest BCUT2D eigenvalue weighted by molar-refractivity contribution is -0.101. The number of ether oxygens (including phenoxy) is 2. The maximum absolute atomic E-state index is 6.25. The first kappa shape index (κ1) is 21.1. The molecule has 2 rings (SSSR count). The van der Waals surface area contributed by atoms with E-state index in [4.69, 9.17) is 9.47 Å². The summed E-state index contributed by atoms with van der Waals surface area (Å²) in [5.74, 6) is 0. The van der Waals surface area contributed by atoms with Crippen LogP contribution in [0, 0.1) is 0 Å². The molecule has 3 unspecified atom stereocenters. The van der Waals surface area contributed by atoms with Crippen LogP contribution in [0.3, 0.4) is 0 Å². The van der Waals surface area contributed by atoms with Crippen molar-refractivity contribution in [1.82, 2.24) is 4.90 Å². The first-order valence-corrected chi connectivity index (χ1v) is 9.83. The first-order chi connectivity index (χ1) is 12.1. The Kier molecular flexibility index (Phi) is 7.06. The van der Waals surface area contributed by atoms with Crippen LogP contribution in [-0.4, -0.2) is 49.0 Å². The van der Waals surface area contributed by atoms with E-state index < -0.39 is 0 Å². The van der Waals surface area contributed by atoms with Crippen LogP contribution in [-0.2, 0) is 21.3 Å². The summed E-state index contributed by atoms with van der Waals surface area (Å²) in [5.41, 5.74) is 2.62. The third-order valence-corrected chi connectivity index (χ3v) is 5.00. The average molecular weight is 360 g/mol. The maximum atomic E-state index is 6.25. The van der Waals surface area contributed by atoms with Crippen LogP contribution in [0.25, 0.3) is 0 Å². The molecule has 0 amide bonds. The summed E-state index contributed by atoms with van der Waals surface area (Å²) < 4.78 is 12.1. The molecule has 1 aliphatic heterocycles. The van der Waals surface area contributed by atoms with E-state index in [-0.39, 0.29) is 23.2 Å². The van der Waals surface area contributed by atoms with Crippen molar-refractivity contribution < 1.29 is 9.47 Å². The molecule has 0 N–H and O–H groups in total. The molecule has 0 aliphatic carbocycles. The Morgan fingerprint density at radius 3 is 2.19 bits per heavy atom. The fraction of sp³-hybridized carbons (Fsp3) is 0.652. The zero-order valence-corrected chi connectivity index (χ0v) is 17.5. The third-order valence-electron chi connectivity index (χ3n) is 5.00. The number of morpholine rings is 1. The van der Waals surface area contributed by atoms with E-state index in [9.17, 15) is 0 Å². The highest BCUT2D eigenvalue weighted by molar-refractivity contribution is 5.28. The third kappa shape index (κ3) is 6.22. The van der Waals surface area contributed by atoms with Crippen LogP contribution >= 0.6 is 0 Å². The van der Waals surface area contributed by atoms with Gasteiger partial charge in [-0.25, -0.2) is 0 Å². The molecule has 1 aromatic rings. The quantitative estimate of drug-likeness (QED) is 0.664. The van der Waals surface area contributed by atoms with Crippen molar-refractivity contribution in [3.63, 3.8) is 0 Å². The number of hydrogen-bond donors (Lipinski definition) is 0. The Morgan fingerprint density at radius 1 is 1.12 bits per heavy atom. The molecule has 3 heteroatoms. The molecular weight excluding hydrogens is 322 g/mol. The summed E-state index contributed by atoms with van der Waals surface area (Å²) in [4.78, 5) is 2.48. The minimum Gasteiger partial charge on any atom is -0.373 e. The van der Waals surface area contributed by atoms with Crippen LogP contribution < -0.4 is 0 Å². The molecule has 1 saturated heterocycles.